The van der Waals surface area contributed by atoms with Crippen molar-refractivity contribution in [3.63, 3.8) is 0 Å². The summed E-state index contributed by atoms with van der Waals surface area (Å²) in [6.07, 6.45) is 1.82. The van der Waals surface area contributed by atoms with Crippen LogP contribution in [-0.4, -0.2) is 11.5 Å². The summed E-state index contributed by atoms with van der Waals surface area (Å²) >= 11 is 0. The molecular formula is C15H22N4O2. The standard InChI is InChI=1S/C11H13N.C4H9N3O2/c1-8-7-10-5-3-4-6-11(10)12-9(8)2;1-2-6-4(5)3-7(8)9/h3-6,12H,7H2,1-2H3;3,6H,2,5H2,1H3/b;4-3+. The number of rotatable bonds is 3. The maximum Gasteiger partial charge on any atom is 0.273 e. The van der Waals surface area contributed by atoms with Crippen molar-refractivity contribution in [3.05, 3.63) is 63.2 Å². The van der Waals surface area contributed by atoms with Gasteiger partial charge in [-0.15, -0.1) is 0 Å². The number of hydrogen-bond donors (Lipinski definition) is 3. The van der Waals surface area contributed by atoms with Crippen molar-refractivity contribution >= 4 is 5.69 Å². The molecule has 6 nitrogen and oxygen atoms in total. The molecule has 21 heavy (non-hydrogen) atoms. The molecule has 1 heterocycles. The molecule has 0 bridgehead atoms. The first-order valence-electron chi connectivity index (χ1n) is 6.80. The van der Waals surface area contributed by atoms with E-state index >= 15 is 0 Å². The van der Waals surface area contributed by atoms with Gasteiger partial charge in [-0.05, 0) is 44.4 Å². The highest BCUT2D eigenvalue weighted by atomic mass is 16.6. The molecule has 0 spiro atoms. The number of hydrogen-bond acceptors (Lipinski definition) is 5. The molecule has 114 valence electrons. The Labute approximate surface area is 124 Å². The molecule has 0 saturated carbocycles. The Morgan fingerprint density at radius 3 is 2.76 bits per heavy atom. The predicted octanol–water partition coefficient (Wildman–Crippen LogP) is 2.58. The van der Waals surface area contributed by atoms with Gasteiger partial charge in [0.1, 0.15) is 0 Å². The maximum atomic E-state index is 9.69. The molecule has 0 aliphatic carbocycles. The summed E-state index contributed by atoms with van der Waals surface area (Å²) in [7, 11) is 0. The summed E-state index contributed by atoms with van der Waals surface area (Å²) < 4.78 is 0. The molecule has 2 rings (SSSR count). The van der Waals surface area contributed by atoms with E-state index in [1.54, 1.807) is 6.92 Å². The summed E-state index contributed by atoms with van der Waals surface area (Å²) in [6, 6.07) is 8.47. The highest BCUT2D eigenvalue weighted by Gasteiger charge is 2.09. The molecule has 4 N–H and O–H groups in total. The van der Waals surface area contributed by atoms with Gasteiger partial charge in [0, 0.05) is 17.9 Å². The summed E-state index contributed by atoms with van der Waals surface area (Å²) in [5.41, 5.74) is 10.5. The Hall–Kier alpha value is -2.50. The van der Waals surface area contributed by atoms with Crippen LogP contribution in [0.1, 0.15) is 26.3 Å². The van der Waals surface area contributed by atoms with Crippen LogP contribution in [0.4, 0.5) is 5.69 Å². The number of nitro groups is 1. The lowest BCUT2D eigenvalue weighted by atomic mass is 9.99. The third-order valence-corrected chi connectivity index (χ3v) is 3.06. The fraction of sp³-hybridized carbons (Fsp3) is 0.333. The van der Waals surface area contributed by atoms with Crippen molar-refractivity contribution in [2.75, 3.05) is 11.9 Å². The van der Waals surface area contributed by atoms with Gasteiger partial charge in [-0.3, -0.25) is 10.1 Å². The van der Waals surface area contributed by atoms with Crippen molar-refractivity contribution in [2.24, 2.45) is 5.73 Å². The zero-order chi connectivity index (χ0) is 15.8. The number of para-hydroxylation sites is 1. The Kier molecular flexibility index (Phi) is 6.26. The van der Waals surface area contributed by atoms with Crippen molar-refractivity contribution in [1.29, 1.82) is 0 Å². The van der Waals surface area contributed by atoms with E-state index in [1.165, 1.54) is 22.5 Å². The molecule has 0 atom stereocenters. The summed E-state index contributed by atoms with van der Waals surface area (Å²) in [5, 5.41) is 15.7. The normalized spacial score (nSPS) is 13.6. The second kappa shape index (κ2) is 7.94. The maximum absolute atomic E-state index is 9.69. The van der Waals surface area contributed by atoms with Crippen molar-refractivity contribution < 1.29 is 4.92 Å². The topological polar surface area (TPSA) is 93.2 Å². The zero-order valence-electron chi connectivity index (χ0n) is 12.6. The average molecular weight is 290 g/mol. The molecule has 0 amide bonds. The number of benzene rings is 1. The minimum absolute atomic E-state index is 0.0856. The minimum Gasteiger partial charge on any atom is -0.380 e. The van der Waals surface area contributed by atoms with E-state index in [4.69, 9.17) is 5.73 Å². The summed E-state index contributed by atoms with van der Waals surface area (Å²) in [6.45, 7) is 6.71. The largest absolute Gasteiger partial charge is 0.380 e. The summed E-state index contributed by atoms with van der Waals surface area (Å²) in [4.78, 5) is 9.09. The van der Waals surface area contributed by atoms with Crippen LogP contribution in [0.5, 0.6) is 0 Å². The van der Waals surface area contributed by atoms with Crippen LogP contribution in [0.3, 0.4) is 0 Å². The third-order valence-electron chi connectivity index (χ3n) is 3.06. The highest BCUT2D eigenvalue weighted by Crippen LogP contribution is 2.26. The fourth-order valence-corrected chi connectivity index (χ4v) is 1.89. The van der Waals surface area contributed by atoms with Crippen LogP contribution in [0.15, 0.2) is 47.6 Å². The highest BCUT2D eigenvalue weighted by molar-refractivity contribution is 5.59. The lowest BCUT2D eigenvalue weighted by molar-refractivity contribution is -0.403. The molecule has 0 saturated heterocycles. The van der Waals surface area contributed by atoms with Crippen molar-refractivity contribution in [1.82, 2.24) is 5.32 Å². The van der Waals surface area contributed by atoms with Crippen LogP contribution in [0.25, 0.3) is 0 Å². The van der Waals surface area contributed by atoms with E-state index in [-0.39, 0.29) is 5.82 Å². The van der Waals surface area contributed by atoms with Gasteiger partial charge in [0.25, 0.3) is 6.20 Å². The van der Waals surface area contributed by atoms with Crippen LogP contribution in [-0.2, 0) is 6.42 Å². The van der Waals surface area contributed by atoms with Gasteiger partial charge in [0.05, 0.1) is 4.92 Å². The van der Waals surface area contributed by atoms with E-state index in [2.05, 4.69) is 48.7 Å². The van der Waals surface area contributed by atoms with Gasteiger partial charge in [0.2, 0.25) is 0 Å². The van der Waals surface area contributed by atoms with Gasteiger partial charge in [-0.1, -0.05) is 18.2 Å². The molecule has 6 heteroatoms. The first kappa shape index (κ1) is 16.6. The predicted molar refractivity (Wildman–Crippen MR) is 85.1 cm³/mol. The number of nitrogens with one attached hydrogen (secondary N) is 2. The van der Waals surface area contributed by atoms with Crippen molar-refractivity contribution in [2.45, 2.75) is 27.2 Å². The lowest BCUT2D eigenvalue weighted by Crippen LogP contribution is -2.20. The molecule has 0 radical (unpaired) electrons. The number of anilines is 1. The number of nitrogens with two attached hydrogens (primary N) is 1. The smallest absolute Gasteiger partial charge is 0.273 e. The van der Waals surface area contributed by atoms with Crippen LogP contribution < -0.4 is 16.4 Å². The summed E-state index contributed by atoms with van der Waals surface area (Å²) in [5.74, 6) is 0.0856. The monoisotopic (exact) mass is 290 g/mol. The second-order valence-corrected chi connectivity index (χ2v) is 4.76. The fourth-order valence-electron chi connectivity index (χ4n) is 1.89. The Bertz CT molecular complexity index is 532. The number of fused-ring (bicyclic) bond motifs is 1. The number of allylic oxidation sites excluding steroid dienone is 2. The van der Waals surface area contributed by atoms with Crippen molar-refractivity contribution in [3.8, 4) is 0 Å². The first-order chi connectivity index (χ1) is 9.93. The molecule has 1 aromatic carbocycles. The van der Waals surface area contributed by atoms with Gasteiger partial charge in [-0.25, -0.2) is 0 Å². The average Bonchev–Trinajstić information content (AvgIpc) is 2.40. The van der Waals surface area contributed by atoms with E-state index in [1.807, 2.05) is 0 Å². The Morgan fingerprint density at radius 1 is 1.48 bits per heavy atom. The van der Waals surface area contributed by atoms with E-state index in [9.17, 15) is 10.1 Å². The molecule has 1 aliphatic rings. The Morgan fingerprint density at radius 2 is 2.14 bits per heavy atom. The molecular weight excluding hydrogens is 268 g/mol. The first-order valence-corrected chi connectivity index (χ1v) is 6.80. The van der Waals surface area contributed by atoms with Gasteiger partial charge < -0.3 is 16.4 Å². The zero-order valence-corrected chi connectivity index (χ0v) is 12.6. The van der Waals surface area contributed by atoms with E-state index in [0.29, 0.717) is 6.54 Å². The third kappa shape index (κ3) is 5.56. The lowest BCUT2D eigenvalue weighted by Gasteiger charge is -2.20. The molecule has 1 aliphatic heterocycles. The molecule has 0 fully saturated rings. The van der Waals surface area contributed by atoms with E-state index < -0.39 is 4.92 Å². The molecule has 1 aromatic rings. The van der Waals surface area contributed by atoms with Gasteiger partial charge >= 0.3 is 0 Å². The van der Waals surface area contributed by atoms with Gasteiger partial charge in [0.15, 0.2) is 5.82 Å². The SMILES string of the molecule is CC1=C(C)Nc2ccccc2C1.CCN/C(N)=C/[N+](=O)[O-]. The quantitative estimate of drug-likeness (QED) is 0.587. The van der Waals surface area contributed by atoms with Crippen LogP contribution in [0, 0.1) is 10.1 Å². The minimum atomic E-state index is -0.599. The van der Waals surface area contributed by atoms with Crippen LogP contribution >= 0.6 is 0 Å². The number of nitrogens with zero attached hydrogens (tertiary/aromatic N) is 1. The van der Waals surface area contributed by atoms with Crippen LogP contribution in [0.2, 0.25) is 0 Å². The van der Waals surface area contributed by atoms with E-state index in [0.717, 1.165) is 12.6 Å². The van der Waals surface area contributed by atoms with Gasteiger partial charge in [-0.2, -0.15) is 0 Å². The molecule has 0 unspecified atom stereocenters. The Balaban J connectivity index is 0.000000222. The second-order valence-electron chi connectivity index (χ2n) is 4.76. The molecule has 0 aromatic heterocycles.